The highest BCUT2D eigenvalue weighted by atomic mass is 31.2. The van der Waals surface area contributed by atoms with Crippen LogP contribution in [0.25, 0.3) is 21.9 Å². The van der Waals surface area contributed by atoms with E-state index in [4.69, 9.17) is 20.0 Å². The molecule has 43 heavy (non-hydrogen) atoms. The fraction of sp³-hybridized carbons (Fsp3) is 0.310. The molecule has 3 heterocycles. The molecular weight excluding hydrogens is 577 g/mol. The maximum Gasteiger partial charge on any atom is 0.524 e. The second-order valence-electron chi connectivity index (χ2n) is 10.2. The normalized spacial score (nSPS) is 13.6. The van der Waals surface area contributed by atoms with Crippen LogP contribution in [0.5, 0.6) is 11.5 Å². The largest absolute Gasteiger partial charge is 0.524 e. The molecule has 2 aromatic heterocycles. The molecule has 1 aliphatic rings. The number of imidazole rings is 1. The van der Waals surface area contributed by atoms with E-state index in [1.165, 1.54) is 30.4 Å². The third-order valence-corrected chi connectivity index (χ3v) is 7.55. The van der Waals surface area contributed by atoms with Crippen LogP contribution in [0, 0.1) is 0 Å². The van der Waals surface area contributed by atoms with Crippen LogP contribution in [0.15, 0.2) is 48.6 Å². The number of nitrogen functional groups attached to an aromatic ring is 1. The number of imide groups is 1. The minimum absolute atomic E-state index is 0.0707. The predicted molar refractivity (Wildman–Crippen MR) is 158 cm³/mol. The van der Waals surface area contributed by atoms with Crippen molar-refractivity contribution in [2.75, 3.05) is 25.5 Å². The maximum absolute atomic E-state index is 11.7. The third kappa shape index (κ3) is 6.86. The molecule has 0 bridgehead atoms. The zero-order valence-corrected chi connectivity index (χ0v) is 24.4. The van der Waals surface area contributed by atoms with E-state index in [1.54, 1.807) is 0 Å². The van der Waals surface area contributed by atoms with Crippen molar-refractivity contribution in [3.8, 4) is 11.5 Å². The number of anilines is 1. The van der Waals surface area contributed by atoms with Crippen molar-refractivity contribution in [2.24, 2.45) is 0 Å². The number of hydrogen-bond acceptors (Lipinski definition) is 9. The summed E-state index contributed by atoms with van der Waals surface area (Å²) in [6.45, 7) is 2.96. The summed E-state index contributed by atoms with van der Waals surface area (Å²) in [4.78, 5) is 52.4. The van der Waals surface area contributed by atoms with E-state index in [0.29, 0.717) is 36.0 Å². The molecule has 0 saturated carbocycles. The summed E-state index contributed by atoms with van der Waals surface area (Å²) in [5.41, 5.74) is 9.57. The Morgan fingerprint density at radius 3 is 2.49 bits per heavy atom. The number of phenols is 1. The molecule has 14 heteroatoms. The van der Waals surface area contributed by atoms with Crippen LogP contribution >= 0.6 is 7.82 Å². The standard InChI is InChI=1S/C29H32N5O8P/c1-2-3-4-24-32-27-28(34(24)17-19-16-20(6-8-23(19)35)42-43(38,39)40)21-15-18(5-7-22(21)31-29(27)30)11-13-41-14-12-33-25(36)9-10-26(33)37/h5-10,15-16,35H,2-4,11-14,17H2,1H3,(H2,30,31)(H2,38,39,40). The number of fused-ring (bicyclic) bond motifs is 3. The number of aryl methyl sites for hydroxylation is 1. The van der Waals surface area contributed by atoms with Crippen molar-refractivity contribution >= 4 is 47.4 Å². The minimum atomic E-state index is -4.80. The van der Waals surface area contributed by atoms with Gasteiger partial charge >= 0.3 is 7.82 Å². The zero-order chi connectivity index (χ0) is 30.7. The first kappa shape index (κ1) is 30.2. The Morgan fingerprint density at radius 2 is 1.77 bits per heavy atom. The molecule has 2 amide bonds. The number of rotatable bonds is 13. The Bertz CT molecular complexity index is 1760. The third-order valence-electron chi connectivity index (χ3n) is 7.10. The van der Waals surface area contributed by atoms with Crippen LogP contribution in [-0.4, -0.2) is 65.9 Å². The Morgan fingerprint density at radius 1 is 1.00 bits per heavy atom. The molecular formula is C29H32N5O8P. The summed E-state index contributed by atoms with van der Waals surface area (Å²) in [6, 6.07) is 9.77. The highest BCUT2D eigenvalue weighted by Crippen LogP contribution is 2.39. The lowest BCUT2D eigenvalue weighted by Gasteiger charge is -2.15. The number of carbonyl (C=O) groups is 2. The highest BCUT2D eigenvalue weighted by molar-refractivity contribution is 7.46. The quantitative estimate of drug-likeness (QED) is 0.0989. The number of benzene rings is 2. The number of carbonyl (C=O) groups excluding carboxylic acids is 2. The lowest BCUT2D eigenvalue weighted by atomic mass is 10.1. The average molecular weight is 610 g/mol. The minimum Gasteiger partial charge on any atom is -0.508 e. The number of pyridine rings is 1. The van der Waals surface area contributed by atoms with Gasteiger partial charge in [0.1, 0.15) is 22.8 Å². The lowest BCUT2D eigenvalue weighted by molar-refractivity contribution is -0.137. The molecule has 226 valence electrons. The monoisotopic (exact) mass is 609 g/mol. The number of ether oxygens (including phenoxy) is 1. The summed E-state index contributed by atoms with van der Waals surface area (Å²) in [6.07, 6.45) is 5.46. The van der Waals surface area contributed by atoms with Gasteiger partial charge in [0.05, 0.1) is 37.3 Å². The maximum atomic E-state index is 11.7. The number of phosphoric acid groups is 1. The second kappa shape index (κ2) is 12.5. The lowest BCUT2D eigenvalue weighted by Crippen LogP contribution is -2.33. The van der Waals surface area contributed by atoms with Crippen molar-refractivity contribution in [2.45, 2.75) is 39.2 Å². The van der Waals surface area contributed by atoms with E-state index < -0.39 is 7.82 Å². The topological polar surface area (TPSA) is 190 Å². The van der Waals surface area contributed by atoms with Gasteiger partial charge in [0.25, 0.3) is 11.8 Å². The van der Waals surface area contributed by atoms with Gasteiger partial charge in [0.2, 0.25) is 0 Å². The smallest absolute Gasteiger partial charge is 0.508 e. The molecule has 0 spiro atoms. The van der Waals surface area contributed by atoms with Crippen molar-refractivity contribution in [1.82, 2.24) is 19.4 Å². The SMILES string of the molecule is CCCCc1nc2c(N)nc3ccc(CCOCCN4C(=O)C=CC4=O)cc3c2n1Cc1cc(OP(=O)(O)O)ccc1O. The molecule has 0 atom stereocenters. The zero-order valence-electron chi connectivity index (χ0n) is 23.5. The summed E-state index contributed by atoms with van der Waals surface area (Å²) in [5.74, 6) is 0.153. The Balaban J connectivity index is 1.46. The Hall–Kier alpha value is -4.29. The van der Waals surface area contributed by atoms with Gasteiger partial charge in [-0.3, -0.25) is 24.3 Å². The number of hydrogen-bond donors (Lipinski definition) is 4. The summed E-state index contributed by atoms with van der Waals surface area (Å²) in [5, 5.41) is 11.4. The molecule has 4 aromatic rings. The number of aromatic nitrogens is 3. The van der Waals surface area contributed by atoms with E-state index in [2.05, 4.69) is 11.9 Å². The van der Waals surface area contributed by atoms with E-state index in [9.17, 15) is 29.0 Å². The number of nitrogens with zero attached hydrogens (tertiary/aromatic N) is 4. The van der Waals surface area contributed by atoms with E-state index in [-0.39, 0.29) is 48.8 Å². The molecule has 0 unspecified atom stereocenters. The van der Waals surface area contributed by atoms with Crippen LogP contribution in [-0.2, 0) is 38.3 Å². The summed E-state index contributed by atoms with van der Waals surface area (Å²) >= 11 is 0. The molecule has 0 fully saturated rings. The van der Waals surface area contributed by atoms with Gasteiger partial charge in [0.15, 0.2) is 5.82 Å². The number of unbranched alkanes of at least 4 members (excludes halogenated alkanes) is 1. The summed E-state index contributed by atoms with van der Waals surface area (Å²) in [7, 11) is -4.80. The average Bonchev–Trinajstić information content (AvgIpc) is 3.48. The van der Waals surface area contributed by atoms with Crippen molar-refractivity contribution in [3.63, 3.8) is 0 Å². The van der Waals surface area contributed by atoms with Crippen LogP contribution in [0.2, 0.25) is 0 Å². The van der Waals surface area contributed by atoms with Crippen molar-refractivity contribution < 1.29 is 38.3 Å². The highest BCUT2D eigenvalue weighted by Gasteiger charge is 2.23. The fourth-order valence-electron chi connectivity index (χ4n) is 5.01. The van der Waals surface area contributed by atoms with E-state index in [0.717, 1.165) is 40.0 Å². The molecule has 0 radical (unpaired) electrons. The fourth-order valence-corrected chi connectivity index (χ4v) is 5.40. The van der Waals surface area contributed by atoms with Gasteiger partial charge in [-0.2, -0.15) is 0 Å². The van der Waals surface area contributed by atoms with Gasteiger partial charge in [-0.25, -0.2) is 14.5 Å². The molecule has 2 aromatic carbocycles. The number of phosphoric ester groups is 1. The first-order chi connectivity index (χ1) is 20.5. The number of phenolic OH excluding ortho intramolecular Hbond substituents is 1. The predicted octanol–water partition coefficient (Wildman–Crippen LogP) is 3.22. The number of nitrogens with two attached hydrogens (primary N) is 1. The van der Waals surface area contributed by atoms with Gasteiger partial charge in [-0.1, -0.05) is 19.4 Å². The van der Waals surface area contributed by atoms with Crippen molar-refractivity contribution in [1.29, 1.82) is 0 Å². The van der Waals surface area contributed by atoms with Crippen LogP contribution in [0.4, 0.5) is 5.82 Å². The van der Waals surface area contributed by atoms with Gasteiger partial charge in [0, 0.05) is 29.5 Å². The van der Waals surface area contributed by atoms with Crippen LogP contribution in [0.3, 0.4) is 0 Å². The number of amides is 2. The molecule has 5 rings (SSSR count). The van der Waals surface area contributed by atoms with Crippen molar-refractivity contribution in [3.05, 3.63) is 65.5 Å². The first-order valence-corrected chi connectivity index (χ1v) is 15.3. The number of aromatic hydroxyl groups is 1. The molecule has 13 nitrogen and oxygen atoms in total. The molecule has 0 aliphatic carbocycles. The summed E-state index contributed by atoms with van der Waals surface area (Å²) < 4.78 is 23.8. The van der Waals surface area contributed by atoms with Gasteiger partial charge < -0.3 is 24.7 Å². The molecule has 5 N–H and O–H groups in total. The van der Waals surface area contributed by atoms with Crippen LogP contribution < -0.4 is 10.3 Å². The molecule has 0 saturated heterocycles. The van der Waals surface area contributed by atoms with E-state index >= 15 is 0 Å². The van der Waals surface area contributed by atoms with E-state index in [1.807, 2.05) is 22.8 Å². The van der Waals surface area contributed by atoms with Crippen LogP contribution in [0.1, 0.15) is 36.7 Å². The van der Waals surface area contributed by atoms with Gasteiger partial charge in [-0.05, 0) is 48.7 Å². The first-order valence-electron chi connectivity index (χ1n) is 13.8. The Labute approximate surface area is 246 Å². The van der Waals surface area contributed by atoms with Gasteiger partial charge in [-0.15, -0.1) is 0 Å². The Kier molecular flexibility index (Phi) is 8.79. The molecule has 1 aliphatic heterocycles. The second-order valence-corrected chi connectivity index (χ2v) is 11.3.